The number of carbonyl (C=O) groups is 4. The molecule has 0 aromatic heterocycles. The lowest BCUT2D eigenvalue weighted by Gasteiger charge is -2.21. The Morgan fingerprint density at radius 2 is 1.85 bits per heavy atom. The lowest BCUT2D eigenvalue weighted by molar-refractivity contribution is -0.153. The van der Waals surface area contributed by atoms with E-state index in [1.54, 1.807) is 30.3 Å². The molecule has 146 valence electrons. The van der Waals surface area contributed by atoms with E-state index in [0.29, 0.717) is 10.5 Å². The first-order valence-electron chi connectivity index (χ1n) is 7.71. The minimum absolute atomic E-state index is 0.505. The Morgan fingerprint density at radius 3 is 2.44 bits per heavy atom. The second kappa shape index (κ2) is 7.64. The van der Waals surface area contributed by atoms with E-state index >= 15 is 0 Å². The van der Waals surface area contributed by atoms with Crippen molar-refractivity contribution in [2.45, 2.75) is 18.6 Å². The lowest BCUT2D eigenvalue weighted by atomic mass is 9.92. The molecule has 11 heteroatoms. The van der Waals surface area contributed by atoms with Crippen LogP contribution >= 0.6 is 0 Å². The zero-order valence-corrected chi connectivity index (χ0v) is 14.1. The van der Waals surface area contributed by atoms with Crippen molar-refractivity contribution >= 4 is 23.8 Å². The predicted molar refractivity (Wildman–Crippen MR) is 84.1 cm³/mol. The highest BCUT2D eigenvalue weighted by Gasteiger charge is 2.49. The minimum Gasteiger partial charge on any atom is -0.454 e. The largest absolute Gasteiger partial charge is 0.454 e. The normalized spacial score (nSPS) is 19.6. The lowest BCUT2D eigenvalue weighted by Crippen LogP contribution is -2.42. The summed E-state index contributed by atoms with van der Waals surface area (Å²) in [5.41, 5.74) is -0.867. The van der Waals surface area contributed by atoms with Gasteiger partial charge in [-0.15, -0.1) is 0 Å². The van der Waals surface area contributed by atoms with Crippen LogP contribution in [0.15, 0.2) is 30.3 Å². The molecule has 0 aliphatic carbocycles. The number of imide groups is 1. The van der Waals surface area contributed by atoms with Crippen molar-refractivity contribution in [3.63, 3.8) is 0 Å². The maximum atomic E-state index is 12.6. The van der Waals surface area contributed by atoms with Gasteiger partial charge in [0, 0.05) is 0 Å². The van der Waals surface area contributed by atoms with Crippen LogP contribution in [0.4, 0.5) is 18.0 Å². The zero-order chi connectivity index (χ0) is 20.2. The Morgan fingerprint density at radius 1 is 1.22 bits per heavy atom. The summed E-state index contributed by atoms with van der Waals surface area (Å²) in [4.78, 5) is 48.2. The quantitative estimate of drug-likeness (QED) is 0.552. The van der Waals surface area contributed by atoms with Crippen molar-refractivity contribution in [3.05, 3.63) is 35.9 Å². The third kappa shape index (κ3) is 4.96. The van der Waals surface area contributed by atoms with Gasteiger partial charge in [0.25, 0.3) is 11.8 Å². The topological polar surface area (TPSA) is 105 Å². The molecule has 1 aromatic rings. The molecule has 1 aromatic carbocycles. The molecule has 0 unspecified atom stereocenters. The third-order valence-electron chi connectivity index (χ3n) is 3.76. The first-order valence-corrected chi connectivity index (χ1v) is 7.71. The highest BCUT2D eigenvalue weighted by atomic mass is 19.4. The predicted octanol–water partition coefficient (Wildman–Crippen LogP) is 0.675. The van der Waals surface area contributed by atoms with Gasteiger partial charge in [0.05, 0.1) is 0 Å². The van der Waals surface area contributed by atoms with E-state index in [9.17, 15) is 32.3 Å². The van der Waals surface area contributed by atoms with Crippen molar-refractivity contribution in [1.29, 1.82) is 0 Å². The number of carbonyl (C=O) groups excluding carboxylic acids is 4. The number of alkyl halides is 3. The van der Waals surface area contributed by atoms with Crippen LogP contribution in [-0.2, 0) is 24.7 Å². The van der Waals surface area contributed by atoms with E-state index < -0.39 is 55.2 Å². The van der Waals surface area contributed by atoms with Gasteiger partial charge < -0.3 is 15.4 Å². The average Bonchev–Trinajstić information content (AvgIpc) is 2.82. The SMILES string of the molecule is C[C@@]1(c2ccccc2)NC(=O)N(CC(=O)OCC(=O)NCC(F)(F)F)C1=O. The number of halogens is 3. The van der Waals surface area contributed by atoms with Gasteiger partial charge >= 0.3 is 18.2 Å². The molecule has 1 aliphatic heterocycles. The summed E-state index contributed by atoms with van der Waals surface area (Å²) in [6.45, 7) is -1.83. The van der Waals surface area contributed by atoms with E-state index in [2.05, 4.69) is 10.1 Å². The molecule has 1 saturated heterocycles. The second-order valence-corrected chi connectivity index (χ2v) is 5.87. The molecule has 1 fully saturated rings. The molecule has 2 rings (SSSR count). The number of esters is 1. The van der Waals surface area contributed by atoms with Crippen molar-refractivity contribution in [2.75, 3.05) is 19.7 Å². The molecule has 4 amide bonds. The van der Waals surface area contributed by atoms with E-state index in [1.807, 2.05) is 0 Å². The summed E-state index contributed by atoms with van der Waals surface area (Å²) in [6.07, 6.45) is -4.60. The summed E-state index contributed by atoms with van der Waals surface area (Å²) in [5.74, 6) is -2.97. The average molecular weight is 387 g/mol. The van der Waals surface area contributed by atoms with Crippen LogP contribution in [0.2, 0.25) is 0 Å². The van der Waals surface area contributed by atoms with Crippen LogP contribution in [0.1, 0.15) is 12.5 Å². The molecule has 0 bridgehead atoms. The highest BCUT2D eigenvalue weighted by Crippen LogP contribution is 2.28. The van der Waals surface area contributed by atoms with Crippen LogP contribution < -0.4 is 10.6 Å². The van der Waals surface area contributed by atoms with Gasteiger partial charge in [-0.2, -0.15) is 13.2 Å². The molecule has 1 aliphatic rings. The van der Waals surface area contributed by atoms with Crippen molar-refractivity contribution in [3.8, 4) is 0 Å². The van der Waals surface area contributed by atoms with E-state index in [-0.39, 0.29) is 0 Å². The van der Waals surface area contributed by atoms with E-state index in [1.165, 1.54) is 12.2 Å². The molecule has 8 nitrogen and oxygen atoms in total. The molecule has 2 N–H and O–H groups in total. The van der Waals surface area contributed by atoms with Crippen LogP contribution in [0.3, 0.4) is 0 Å². The summed E-state index contributed by atoms with van der Waals surface area (Å²) in [5, 5.41) is 4.00. The van der Waals surface area contributed by atoms with Crippen LogP contribution in [0.25, 0.3) is 0 Å². The zero-order valence-electron chi connectivity index (χ0n) is 14.1. The van der Waals surface area contributed by atoms with Gasteiger partial charge in [0.1, 0.15) is 18.6 Å². The van der Waals surface area contributed by atoms with Gasteiger partial charge in [-0.1, -0.05) is 30.3 Å². The van der Waals surface area contributed by atoms with Gasteiger partial charge in [-0.25, -0.2) is 4.79 Å². The second-order valence-electron chi connectivity index (χ2n) is 5.87. The molecular weight excluding hydrogens is 371 g/mol. The Bertz CT molecular complexity index is 753. The molecule has 27 heavy (non-hydrogen) atoms. The smallest absolute Gasteiger partial charge is 0.405 e. The summed E-state index contributed by atoms with van der Waals surface area (Å²) < 4.78 is 40.4. The number of rotatable bonds is 6. The van der Waals surface area contributed by atoms with Crippen LogP contribution in [0.5, 0.6) is 0 Å². The summed E-state index contributed by atoms with van der Waals surface area (Å²) >= 11 is 0. The minimum atomic E-state index is -4.60. The first-order chi connectivity index (χ1) is 12.5. The standard InChI is InChI=1S/C16H16F3N3O5/c1-15(10-5-3-2-4-6-10)13(25)22(14(26)21-15)7-12(24)27-8-11(23)20-9-16(17,18)19/h2-6H,7-9H2,1H3,(H,20,23)(H,21,26)/t15-/m0/s1. The summed E-state index contributed by atoms with van der Waals surface area (Å²) in [6, 6.07) is 7.51. The Balaban J connectivity index is 1.91. The van der Waals surface area contributed by atoms with Gasteiger partial charge in [0.2, 0.25) is 0 Å². The number of nitrogens with zero attached hydrogens (tertiary/aromatic N) is 1. The first kappa shape index (κ1) is 20.2. The monoisotopic (exact) mass is 387 g/mol. The number of hydrogen-bond acceptors (Lipinski definition) is 5. The fraction of sp³-hybridized carbons (Fsp3) is 0.375. The highest BCUT2D eigenvalue weighted by molar-refractivity contribution is 6.08. The fourth-order valence-corrected chi connectivity index (χ4v) is 2.38. The van der Waals surface area contributed by atoms with Crippen molar-refractivity contribution in [2.24, 2.45) is 0 Å². The van der Waals surface area contributed by atoms with Gasteiger partial charge in [-0.3, -0.25) is 19.3 Å². The number of nitrogens with one attached hydrogen (secondary N) is 2. The third-order valence-corrected chi connectivity index (χ3v) is 3.76. The maximum Gasteiger partial charge on any atom is 0.405 e. The number of ether oxygens (including phenoxy) is 1. The molecular formula is C16H16F3N3O5. The molecule has 0 spiro atoms. The molecule has 1 heterocycles. The Labute approximate surface area is 151 Å². The number of amides is 4. The number of hydrogen-bond donors (Lipinski definition) is 2. The van der Waals surface area contributed by atoms with Gasteiger partial charge in [0.15, 0.2) is 6.61 Å². The van der Waals surface area contributed by atoms with E-state index in [4.69, 9.17) is 0 Å². The molecule has 1 atom stereocenters. The maximum absolute atomic E-state index is 12.6. The number of benzene rings is 1. The Kier molecular flexibility index (Phi) is 5.72. The molecule has 0 saturated carbocycles. The number of urea groups is 1. The van der Waals surface area contributed by atoms with Gasteiger partial charge in [-0.05, 0) is 12.5 Å². The summed E-state index contributed by atoms with van der Waals surface area (Å²) in [7, 11) is 0. The van der Waals surface area contributed by atoms with Crippen molar-refractivity contribution < 1.29 is 37.1 Å². The van der Waals surface area contributed by atoms with Crippen LogP contribution in [-0.4, -0.2) is 54.6 Å². The van der Waals surface area contributed by atoms with E-state index in [0.717, 1.165) is 0 Å². The fourth-order valence-electron chi connectivity index (χ4n) is 2.38. The van der Waals surface area contributed by atoms with Crippen molar-refractivity contribution in [1.82, 2.24) is 15.5 Å². The molecule has 0 radical (unpaired) electrons. The Hall–Kier alpha value is -3.11. The van der Waals surface area contributed by atoms with Crippen LogP contribution in [0, 0.1) is 0 Å².